The topological polar surface area (TPSA) is 113 Å². The van der Waals surface area contributed by atoms with Crippen molar-refractivity contribution in [2.75, 3.05) is 39.9 Å². The summed E-state index contributed by atoms with van der Waals surface area (Å²) < 4.78 is 27.7. The maximum absolute atomic E-state index is 12.9. The molecule has 0 bridgehead atoms. The Morgan fingerprint density at radius 1 is 1.19 bits per heavy atom. The molecule has 11 nitrogen and oxygen atoms in total. The minimum atomic E-state index is -0.478. The number of hydrogen-bond donors (Lipinski definition) is 0. The second-order valence-electron chi connectivity index (χ2n) is 10.5. The fourth-order valence-electron chi connectivity index (χ4n) is 5.31. The lowest BCUT2D eigenvalue weighted by Gasteiger charge is -2.25. The highest BCUT2D eigenvalue weighted by Gasteiger charge is 2.37. The molecule has 1 fully saturated rings. The number of esters is 1. The maximum Gasteiger partial charge on any atom is 0.417 e. The molecule has 1 aliphatic carbocycles. The molecule has 3 aliphatic rings. The first-order valence-electron chi connectivity index (χ1n) is 14.8. The third-order valence-electron chi connectivity index (χ3n) is 7.42. The molecule has 0 unspecified atom stereocenters. The molecule has 0 N–H and O–H groups in total. The zero-order valence-corrected chi connectivity index (χ0v) is 24.7. The van der Waals surface area contributed by atoms with Crippen molar-refractivity contribution >= 4 is 23.1 Å². The molecule has 0 radical (unpaired) electrons. The average molecular weight is 591 g/mol. The van der Waals surface area contributed by atoms with Crippen molar-refractivity contribution in [2.45, 2.75) is 51.6 Å². The molecule has 11 heteroatoms. The Morgan fingerprint density at radius 2 is 2.07 bits per heavy atom. The van der Waals surface area contributed by atoms with E-state index in [0.29, 0.717) is 56.6 Å². The van der Waals surface area contributed by atoms with Crippen molar-refractivity contribution in [2.24, 2.45) is 0 Å². The van der Waals surface area contributed by atoms with Crippen molar-refractivity contribution in [1.29, 1.82) is 0 Å². The third kappa shape index (κ3) is 7.92. The predicted octanol–water partition coefficient (Wildman–Crippen LogP) is 5.00. The first-order valence-corrected chi connectivity index (χ1v) is 14.8. The van der Waals surface area contributed by atoms with Gasteiger partial charge in [-0.2, -0.15) is 0 Å². The molecule has 0 saturated carbocycles. The van der Waals surface area contributed by atoms with E-state index in [4.69, 9.17) is 23.7 Å². The van der Waals surface area contributed by atoms with Crippen molar-refractivity contribution in [3.8, 4) is 5.88 Å². The number of fused-ring (bicyclic) bond motifs is 1. The fraction of sp³-hybridized carbons (Fsp3) is 0.438. The lowest BCUT2D eigenvalue weighted by Crippen LogP contribution is -2.36. The Bertz CT molecular complexity index is 1430. The van der Waals surface area contributed by atoms with E-state index in [0.717, 1.165) is 54.4 Å². The van der Waals surface area contributed by atoms with Gasteiger partial charge in [0.2, 0.25) is 11.8 Å². The Morgan fingerprint density at radius 3 is 2.88 bits per heavy atom. The van der Waals surface area contributed by atoms with Gasteiger partial charge in [-0.1, -0.05) is 18.2 Å². The molecule has 0 spiro atoms. The summed E-state index contributed by atoms with van der Waals surface area (Å²) in [6, 6.07) is 5.70. The fourth-order valence-corrected chi connectivity index (χ4v) is 5.31. The van der Waals surface area contributed by atoms with Gasteiger partial charge in [0.15, 0.2) is 12.0 Å². The Labute approximate surface area is 251 Å². The van der Waals surface area contributed by atoms with Crippen LogP contribution in [-0.4, -0.2) is 77.8 Å². The molecule has 4 heterocycles. The number of pyridine rings is 2. The minimum Gasteiger partial charge on any atom is -0.481 e. The summed E-state index contributed by atoms with van der Waals surface area (Å²) >= 11 is 0. The molecule has 2 aromatic heterocycles. The Hall–Kier alpha value is -4.38. The number of hydrogen-bond acceptors (Lipinski definition) is 10. The predicted molar refractivity (Wildman–Crippen MR) is 158 cm³/mol. The van der Waals surface area contributed by atoms with Crippen LogP contribution in [0.4, 0.5) is 4.79 Å². The van der Waals surface area contributed by atoms with Crippen LogP contribution < -0.4 is 4.74 Å². The van der Waals surface area contributed by atoms with Crippen LogP contribution in [0.3, 0.4) is 0 Å². The molecule has 1 amide bonds. The Kier molecular flexibility index (Phi) is 10.3. The number of methoxy groups -OCH3 is 1. The molecule has 2 aliphatic heterocycles. The molecule has 0 aromatic carbocycles. The van der Waals surface area contributed by atoms with Crippen molar-refractivity contribution in [1.82, 2.24) is 19.8 Å². The number of allylic oxidation sites excluding steroid dienone is 4. The lowest BCUT2D eigenvalue weighted by molar-refractivity contribution is -0.143. The third-order valence-corrected chi connectivity index (χ3v) is 7.42. The van der Waals surface area contributed by atoms with Gasteiger partial charge in [-0.3, -0.25) is 14.7 Å². The van der Waals surface area contributed by atoms with Gasteiger partial charge in [-0.15, -0.1) is 0 Å². The number of amides is 1. The number of nitrogens with zero attached hydrogens (tertiary/aromatic N) is 4. The molecular weight excluding hydrogens is 552 g/mol. The smallest absolute Gasteiger partial charge is 0.417 e. The van der Waals surface area contributed by atoms with Crippen molar-refractivity contribution < 1.29 is 33.3 Å². The maximum atomic E-state index is 12.9. The SMILES string of the molecule is CCOC(=O)CCCN(CCCc1ccnc2ccc(OC)nc12)C[C@@H]1CN(C2=COC=C(C3=CC=CCC3)O2)C(=O)O1. The van der Waals surface area contributed by atoms with Gasteiger partial charge >= 0.3 is 12.1 Å². The van der Waals surface area contributed by atoms with E-state index in [1.807, 2.05) is 24.3 Å². The average Bonchev–Trinajstić information content (AvgIpc) is 3.41. The van der Waals surface area contributed by atoms with Crippen LogP contribution in [0.15, 0.2) is 72.4 Å². The summed E-state index contributed by atoms with van der Waals surface area (Å²) in [6.07, 6.45) is 14.3. The van der Waals surface area contributed by atoms with Gasteiger partial charge in [0.25, 0.3) is 0 Å². The summed E-state index contributed by atoms with van der Waals surface area (Å²) in [5.74, 6) is 1.24. The number of rotatable bonds is 14. The summed E-state index contributed by atoms with van der Waals surface area (Å²) in [5, 5.41) is 0. The Balaban J connectivity index is 1.20. The van der Waals surface area contributed by atoms with Crippen LogP contribution in [0, 0.1) is 0 Å². The molecule has 228 valence electrons. The number of aromatic nitrogens is 2. The highest BCUT2D eigenvalue weighted by molar-refractivity contribution is 5.78. The van der Waals surface area contributed by atoms with E-state index in [1.54, 1.807) is 32.6 Å². The quantitative estimate of drug-likeness (QED) is 0.279. The number of carbonyl (C=O) groups excluding carboxylic acids is 2. The first-order chi connectivity index (χ1) is 21.0. The number of ether oxygens (including phenoxy) is 5. The zero-order chi connectivity index (χ0) is 30.0. The van der Waals surface area contributed by atoms with E-state index in [-0.39, 0.29) is 12.1 Å². The van der Waals surface area contributed by atoms with Gasteiger partial charge in [-0.25, -0.2) is 14.7 Å². The molecule has 1 atom stereocenters. The van der Waals surface area contributed by atoms with E-state index < -0.39 is 6.09 Å². The molecular formula is C32H38N4O7. The van der Waals surface area contributed by atoms with Crippen LogP contribution in [-0.2, 0) is 30.2 Å². The van der Waals surface area contributed by atoms with Crippen LogP contribution in [0.1, 0.15) is 44.6 Å². The van der Waals surface area contributed by atoms with Crippen molar-refractivity contribution in [3.05, 3.63) is 77.9 Å². The molecule has 5 rings (SSSR count). The standard InChI is InChI=1S/C32H38N4O7/c1-3-41-30(37)12-8-18-35(17-7-11-24-15-16-33-26-13-14-28(39-2)34-31(24)26)19-25-20-36(32(38)42-25)29-22-40-21-27(43-29)23-9-5-4-6-10-23/h4-5,9,13-16,21-22,25H,3,6-8,10-12,17-20H2,1-2H3/t25-/m1/s1. The van der Waals surface area contributed by atoms with Crippen LogP contribution in [0.25, 0.3) is 11.0 Å². The lowest BCUT2D eigenvalue weighted by atomic mass is 10.0. The van der Waals surface area contributed by atoms with Gasteiger partial charge in [0.05, 0.1) is 31.3 Å². The normalized spacial score (nSPS) is 18.0. The number of aryl methyl sites for hydroxylation is 1. The van der Waals surface area contributed by atoms with Crippen LogP contribution >= 0.6 is 0 Å². The van der Waals surface area contributed by atoms with E-state index in [9.17, 15) is 9.59 Å². The zero-order valence-electron chi connectivity index (χ0n) is 24.7. The van der Waals surface area contributed by atoms with Gasteiger partial charge < -0.3 is 23.7 Å². The van der Waals surface area contributed by atoms with Gasteiger partial charge in [0.1, 0.15) is 12.4 Å². The van der Waals surface area contributed by atoms with Crippen LogP contribution in [0.5, 0.6) is 5.88 Å². The highest BCUT2D eigenvalue weighted by Crippen LogP contribution is 2.29. The van der Waals surface area contributed by atoms with Crippen LogP contribution in [0.2, 0.25) is 0 Å². The number of carbonyl (C=O) groups is 2. The van der Waals surface area contributed by atoms with E-state index in [1.165, 1.54) is 11.2 Å². The largest absolute Gasteiger partial charge is 0.481 e. The second kappa shape index (κ2) is 14.7. The highest BCUT2D eigenvalue weighted by atomic mass is 16.6. The minimum absolute atomic E-state index is 0.210. The van der Waals surface area contributed by atoms with Gasteiger partial charge in [-0.05, 0) is 75.4 Å². The molecule has 43 heavy (non-hydrogen) atoms. The van der Waals surface area contributed by atoms with Gasteiger partial charge in [0, 0.05) is 25.2 Å². The van der Waals surface area contributed by atoms with Crippen molar-refractivity contribution in [3.63, 3.8) is 0 Å². The van der Waals surface area contributed by atoms with E-state index >= 15 is 0 Å². The second-order valence-corrected chi connectivity index (χ2v) is 10.5. The summed E-state index contributed by atoms with van der Waals surface area (Å²) in [4.78, 5) is 37.6. The first kappa shape index (κ1) is 30.1. The summed E-state index contributed by atoms with van der Waals surface area (Å²) in [6.45, 7) is 4.40. The monoisotopic (exact) mass is 590 g/mol. The summed E-state index contributed by atoms with van der Waals surface area (Å²) in [7, 11) is 1.60. The van der Waals surface area contributed by atoms with E-state index in [2.05, 4.69) is 20.9 Å². The molecule has 2 aromatic rings. The summed E-state index contributed by atoms with van der Waals surface area (Å²) in [5.41, 5.74) is 3.75. The molecule has 1 saturated heterocycles. The number of cyclic esters (lactones) is 1.